The van der Waals surface area contributed by atoms with Gasteiger partial charge in [-0.1, -0.05) is 18.2 Å². The summed E-state index contributed by atoms with van der Waals surface area (Å²) in [6.07, 6.45) is 5.79. The van der Waals surface area contributed by atoms with Crippen molar-refractivity contribution >= 4 is 35.1 Å². The summed E-state index contributed by atoms with van der Waals surface area (Å²) in [4.78, 5) is 28.3. The number of nitrogens with zero attached hydrogens (tertiary/aromatic N) is 5. The van der Waals surface area contributed by atoms with Crippen LogP contribution in [-0.2, 0) is 6.42 Å². The van der Waals surface area contributed by atoms with Crippen LogP contribution < -0.4 is 5.73 Å². The number of guanidine groups is 1. The molecule has 1 saturated heterocycles. The van der Waals surface area contributed by atoms with Crippen molar-refractivity contribution in [2.75, 3.05) is 32.7 Å². The third-order valence-electron chi connectivity index (χ3n) is 6.60. The van der Waals surface area contributed by atoms with Crippen LogP contribution in [0.15, 0.2) is 64.8 Å². The lowest BCUT2D eigenvalue weighted by atomic mass is 10.0. The average Bonchev–Trinajstić information content (AvgIpc) is 3.31. The van der Waals surface area contributed by atoms with Gasteiger partial charge in [0.25, 0.3) is 0 Å². The van der Waals surface area contributed by atoms with Gasteiger partial charge in [0.15, 0.2) is 0 Å². The van der Waals surface area contributed by atoms with Gasteiger partial charge in [-0.2, -0.15) is 5.26 Å². The SMILES string of the molecule is C=N/C(=N\C=C(/C)c1ccccc1C(N)=O)N1CCN(CCCc2c[nH]c3ccc(C#N)cc23)CC1. The molecule has 184 valence electrons. The van der Waals surface area contributed by atoms with E-state index in [-0.39, 0.29) is 0 Å². The molecule has 1 fully saturated rings. The van der Waals surface area contributed by atoms with E-state index in [9.17, 15) is 10.1 Å². The smallest absolute Gasteiger partial charge is 0.249 e. The number of hydrogen-bond acceptors (Lipinski definition) is 4. The summed E-state index contributed by atoms with van der Waals surface area (Å²) in [6, 6.07) is 15.2. The zero-order valence-corrected chi connectivity index (χ0v) is 20.6. The number of nitriles is 1. The van der Waals surface area contributed by atoms with Crippen LogP contribution in [0.4, 0.5) is 0 Å². The molecule has 0 aliphatic carbocycles. The first-order valence-electron chi connectivity index (χ1n) is 12.1. The number of carbonyl (C=O) groups excluding carboxylic acids is 1. The Hall–Kier alpha value is -4.22. The first kappa shape index (κ1) is 24.9. The number of aromatic nitrogens is 1. The molecule has 3 N–H and O–H groups in total. The number of aryl methyl sites for hydroxylation is 1. The van der Waals surface area contributed by atoms with Crippen molar-refractivity contribution in [3.05, 3.63) is 77.1 Å². The number of H-pyrrole nitrogens is 1. The minimum Gasteiger partial charge on any atom is -0.366 e. The minimum absolute atomic E-state index is 0.461. The molecule has 0 radical (unpaired) electrons. The predicted molar refractivity (Wildman–Crippen MR) is 145 cm³/mol. The number of piperazine rings is 1. The second-order valence-corrected chi connectivity index (χ2v) is 8.93. The number of rotatable bonds is 7. The highest BCUT2D eigenvalue weighted by molar-refractivity contribution is 5.98. The Morgan fingerprint density at radius 1 is 1.19 bits per heavy atom. The van der Waals surface area contributed by atoms with Crippen molar-refractivity contribution in [3.63, 3.8) is 0 Å². The van der Waals surface area contributed by atoms with Crippen LogP contribution in [0, 0.1) is 11.3 Å². The van der Waals surface area contributed by atoms with Crippen LogP contribution in [0.25, 0.3) is 16.5 Å². The van der Waals surface area contributed by atoms with Gasteiger partial charge in [-0.3, -0.25) is 9.69 Å². The first-order valence-corrected chi connectivity index (χ1v) is 12.1. The number of primary amides is 1. The lowest BCUT2D eigenvalue weighted by molar-refractivity contribution is 0.1000. The van der Waals surface area contributed by atoms with E-state index < -0.39 is 5.91 Å². The summed E-state index contributed by atoms with van der Waals surface area (Å²) in [6.45, 7) is 10.1. The topological polar surface area (TPSA) is 114 Å². The standard InChI is InChI=1S/C28H31N7O/c1-20(23-7-3-4-8-24(23)27(30)36)18-33-28(31-2)35-14-12-34(13-15-35)11-5-6-22-19-32-26-10-9-21(17-29)16-25(22)26/h3-4,7-10,16,18-19,32H,2,5-6,11-15H2,1H3,(H2,30,36)/b20-18+,33-28+. The average molecular weight is 482 g/mol. The number of amides is 1. The maximum Gasteiger partial charge on any atom is 0.249 e. The van der Waals surface area contributed by atoms with Crippen LogP contribution in [0.3, 0.4) is 0 Å². The number of allylic oxidation sites excluding steroid dienone is 1. The molecule has 1 aliphatic heterocycles. The van der Waals surface area contributed by atoms with Gasteiger partial charge in [0, 0.05) is 55.0 Å². The molecule has 1 amide bonds. The van der Waals surface area contributed by atoms with Crippen LogP contribution in [0.5, 0.6) is 0 Å². The van der Waals surface area contributed by atoms with E-state index >= 15 is 0 Å². The Labute approximate surface area is 211 Å². The van der Waals surface area contributed by atoms with Crippen LogP contribution in [0.1, 0.15) is 40.4 Å². The van der Waals surface area contributed by atoms with Gasteiger partial charge in [0.05, 0.1) is 11.6 Å². The molecule has 36 heavy (non-hydrogen) atoms. The Kier molecular flexibility index (Phi) is 7.93. The van der Waals surface area contributed by atoms with E-state index in [1.54, 1.807) is 18.3 Å². The molecule has 0 saturated carbocycles. The van der Waals surface area contributed by atoms with Crippen molar-refractivity contribution in [3.8, 4) is 6.07 Å². The van der Waals surface area contributed by atoms with Gasteiger partial charge in [0.1, 0.15) is 0 Å². The number of aromatic amines is 1. The van der Waals surface area contributed by atoms with E-state index in [2.05, 4.69) is 43.8 Å². The highest BCUT2D eigenvalue weighted by atomic mass is 16.1. The summed E-state index contributed by atoms with van der Waals surface area (Å²) in [5.41, 5.74) is 10.6. The minimum atomic E-state index is -0.461. The molecule has 1 aromatic heterocycles. The molecule has 8 nitrogen and oxygen atoms in total. The number of hydrogen-bond donors (Lipinski definition) is 2. The van der Waals surface area contributed by atoms with Gasteiger partial charge in [-0.15, -0.1) is 0 Å². The largest absolute Gasteiger partial charge is 0.366 e. The van der Waals surface area contributed by atoms with Crippen LogP contribution in [-0.4, -0.2) is 66.1 Å². The van der Waals surface area contributed by atoms with Gasteiger partial charge >= 0.3 is 0 Å². The van der Waals surface area contributed by atoms with E-state index in [0.29, 0.717) is 17.1 Å². The van der Waals surface area contributed by atoms with Gasteiger partial charge in [-0.05, 0) is 74.0 Å². The lowest BCUT2D eigenvalue weighted by Gasteiger charge is -2.35. The van der Waals surface area contributed by atoms with Gasteiger partial charge in [0.2, 0.25) is 11.9 Å². The fourth-order valence-corrected chi connectivity index (χ4v) is 4.61. The molecule has 0 atom stereocenters. The molecule has 0 spiro atoms. The third kappa shape index (κ3) is 5.70. The summed E-state index contributed by atoms with van der Waals surface area (Å²) in [7, 11) is 0. The van der Waals surface area contributed by atoms with E-state index in [1.807, 2.05) is 37.3 Å². The van der Waals surface area contributed by atoms with Gasteiger partial charge < -0.3 is 15.6 Å². The molecule has 1 aliphatic rings. The second-order valence-electron chi connectivity index (χ2n) is 8.93. The molecule has 2 heterocycles. The number of benzene rings is 2. The highest BCUT2D eigenvalue weighted by Crippen LogP contribution is 2.22. The molecule has 8 heteroatoms. The molecular formula is C28H31N7O. The third-order valence-corrected chi connectivity index (χ3v) is 6.60. The Morgan fingerprint density at radius 3 is 2.64 bits per heavy atom. The molecule has 0 bridgehead atoms. The zero-order chi connectivity index (χ0) is 25.5. The Balaban J connectivity index is 1.31. The number of fused-ring (bicyclic) bond motifs is 1. The normalized spacial score (nSPS) is 15.2. The first-order chi connectivity index (χ1) is 17.5. The molecule has 2 aromatic carbocycles. The fraction of sp³-hybridized carbons (Fsp3) is 0.286. The number of aliphatic imine (C=N–C) groups is 2. The summed E-state index contributed by atoms with van der Waals surface area (Å²) >= 11 is 0. The highest BCUT2D eigenvalue weighted by Gasteiger charge is 2.19. The van der Waals surface area contributed by atoms with Crippen LogP contribution >= 0.6 is 0 Å². The van der Waals surface area contributed by atoms with Crippen LogP contribution in [0.2, 0.25) is 0 Å². The monoisotopic (exact) mass is 481 g/mol. The lowest BCUT2D eigenvalue weighted by Crippen LogP contribution is -2.48. The number of nitrogens with one attached hydrogen (secondary N) is 1. The van der Waals surface area contributed by atoms with Crippen molar-refractivity contribution in [1.82, 2.24) is 14.8 Å². The zero-order valence-electron chi connectivity index (χ0n) is 20.6. The maximum atomic E-state index is 11.7. The fourth-order valence-electron chi connectivity index (χ4n) is 4.61. The summed E-state index contributed by atoms with van der Waals surface area (Å²) in [5.74, 6) is 0.120. The quantitative estimate of drug-likeness (QED) is 0.395. The van der Waals surface area contributed by atoms with Crippen molar-refractivity contribution < 1.29 is 4.79 Å². The molecule has 0 unspecified atom stereocenters. The molecule has 4 rings (SSSR count). The van der Waals surface area contributed by atoms with E-state index in [4.69, 9.17) is 5.73 Å². The summed E-state index contributed by atoms with van der Waals surface area (Å²) in [5, 5.41) is 10.3. The number of nitrogens with two attached hydrogens (primary N) is 1. The van der Waals surface area contributed by atoms with E-state index in [0.717, 1.165) is 67.6 Å². The summed E-state index contributed by atoms with van der Waals surface area (Å²) < 4.78 is 0. The van der Waals surface area contributed by atoms with Gasteiger partial charge in [-0.25, -0.2) is 9.98 Å². The van der Waals surface area contributed by atoms with Crippen molar-refractivity contribution in [2.45, 2.75) is 19.8 Å². The number of carbonyl (C=O) groups is 1. The molecule has 3 aromatic rings. The Bertz CT molecular complexity index is 1350. The van der Waals surface area contributed by atoms with Crippen molar-refractivity contribution in [1.29, 1.82) is 5.26 Å². The molecular weight excluding hydrogens is 450 g/mol. The van der Waals surface area contributed by atoms with E-state index in [1.165, 1.54) is 5.56 Å². The second kappa shape index (κ2) is 11.5. The predicted octanol–water partition coefficient (Wildman–Crippen LogP) is 3.81. The Morgan fingerprint density at radius 2 is 1.94 bits per heavy atom. The maximum absolute atomic E-state index is 11.7. The van der Waals surface area contributed by atoms with Crippen molar-refractivity contribution in [2.24, 2.45) is 15.7 Å².